The van der Waals surface area contributed by atoms with Crippen LogP contribution in [0, 0.1) is 0 Å². The van der Waals surface area contributed by atoms with Crippen molar-refractivity contribution in [1.82, 2.24) is 9.78 Å². The van der Waals surface area contributed by atoms with Gasteiger partial charge >= 0.3 is 5.97 Å². The average Bonchev–Trinajstić information content (AvgIpc) is 2.85. The lowest BCUT2D eigenvalue weighted by Gasteiger charge is -2.23. The minimum atomic E-state index is -1.22. The predicted octanol–water partition coefficient (Wildman–Crippen LogP) is 1.73. The molecule has 1 amide bonds. The second-order valence-electron chi connectivity index (χ2n) is 6.00. The first kappa shape index (κ1) is 16.5. The van der Waals surface area contributed by atoms with Crippen LogP contribution in [-0.2, 0) is 25.6 Å². The molecule has 122 valence electrons. The minimum Gasteiger partial charge on any atom is -0.450 e. The number of nitrogens with zero attached hydrogens (tertiary/aromatic N) is 2. The molecule has 2 heterocycles. The van der Waals surface area contributed by atoms with E-state index >= 15 is 0 Å². The SMILES string of the molecule is CC(=O)OC(C)(C)C(=O)Nc1cnn(C[C@@H]2CCCCO2)c1. The number of anilines is 1. The van der Waals surface area contributed by atoms with Crippen molar-refractivity contribution in [3.05, 3.63) is 12.4 Å². The first-order chi connectivity index (χ1) is 10.4. The highest BCUT2D eigenvalue weighted by Crippen LogP contribution is 2.17. The van der Waals surface area contributed by atoms with Gasteiger partial charge in [-0.15, -0.1) is 0 Å². The number of esters is 1. The van der Waals surface area contributed by atoms with Gasteiger partial charge in [-0.05, 0) is 33.1 Å². The molecule has 0 bridgehead atoms. The number of ether oxygens (including phenoxy) is 2. The van der Waals surface area contributed by atoms with E-state index in [4.69, 9.17) is 9.47 Å². The van der Waals surface area contributed by atoms with Gasteiger partial charge in [-0.2, -0.15) is 5.10 Å². The van der Waals surface area contributed by atoms with Crippen LogP contribution >= 0.6 is 0 Å². The van der Waals surface area contributed by atoms with Crippen molar-refractivity contribution >= 4 is 17.6 Å². The van der Waals surface area contributed by atoms with Crippen LogP contribution in [-0.4, -0.2) is 40.0 Å². The molecule has 0 aromatic carbocycles. The molecule has 0 radical (unpaired) electrons. The Hall–Kier alpha value is -1.89. The molecule has 1 aliphatic heterocycles. The van der Waals surface area contributed by atoms with Crippen LogP contribution in [0.25, 0.3) is 0 Å². The summed E-state index contributed by atoms with van der Waals surface area (Å²) in [6.45, 7) is 5.83. The summed E-state index contributed by atoms with van der Waals surface area (Å²) in [6.07, 6.45) is 6.81. The summed E-state index contributed by atoms with van der Waals surface area (Å²) in [7, 11) is 0. The Kier molecular flexibility index (Phi) is 5.18. The van der Waals surface area contributed by atoms with E-state index in [1.165, 1.54) is 13.3 Å². The summed E-state index contributed by atoms with van der Waals surface area (Å²) in [5.41, 5.74) is -0.651. The smallest absolute Gasteiger partial charge is 0.303 e. The third kappa shape index (κ3) is 4.56. The number of rotatable bonds is 5. The molecule has 1 aromatic rings. The first-order valence-corrected chi connectivity index (χ1v) is 7.52. The normalized spacial score (nSPS) is 18.8. The zero-order chi connectivity index (χ0) is 16.2. The molecule has 1 aromatic heterocycles. The summed E-state index contributed by atoms with van der Waals surface area (Å²) >= 11 is 0. The molecule has 2 rings (SSSR count). The lowest BCUT2D eigenvalue weighted by molar-refractivity contribution is -0.160. The lowest BCUT2D eigenvalue weighted by atomic mass is 10.1. The Balaban J connectivity index is 1.91. The van der Waals surface area contributed by atoms with Gasteiger partial charge in [0.15, 0.2) is 5.60 Å². The van der Waals surface area contributed by atoms with Crippen LogP contribution in [0.2, 0.25) is 0 Å². The van der Waals surface area contributed by atoms with Gasteiger partial charge in [-0.3, -0.25) is 14.3 Å². The van der Waals surface area contributed by atoms with E-state index in [1.807, 2.05) is 0 Å². The quantitative estimate of drug-likeness (QED) is 0.838. The highest BCUT2D eigenvalue weighted by Gasteiger charge is 2.31. The van der Waals surface area contributed by atoms with Crippen LogP contribution in [0.4, 0.5) is 5.69 Å². The van der Waals surface area contributed by atoms with Crippen LogP contribution in [0.1, 0.15) is 40.0 Å². The molecule has 0 unspecified atom stereocenters. The van der Waals surface area contributed by atoms with Crippen LogP contribution in [0.15, 0.2) is 12.4 Å². The number of aromatic nitrogens is 2. The Morgan fingerprint density at radius 3 is 2.91 bits per heavy atom. The van der Waals surface area contributed by atoms with Crippen LogP contribution in [0.3, 0.4) is 0 Å². The van der Waals surface area contributed by atoms with Gasteiger partial charge in [0, 0.05) is 19.7 Å². The Bertz CT molecular complexity index is 533. The van der Waals surface area contributed by atoms with E-state index in [-0.39, 0.29) is 6.10 Å². The number of carbonyl (C=O) groups excluding carboxylic acids is 2. The molecule has 0 aliphatic carbocycles. The topological polar surface area (TPSA) is 82.5 Å². The summed E-state index contributed by atoms with van der Waals surface area (Å²) in [4.78, 5) is 23.1. The Morgan fingerprint density at radius 2 is 2.27 bits per heavy atom. The maximum atomic E-state index is 12.1. The summed E-state index contributed by atoms with van der Waals surface area (Å²) in [6, 6.07) is 0. The average molecular weight is 309 g/mol. The van der Waals surface area contributed by atoms with Crippen molar-refractivity contribution in [1.29, 1.82) is 0 Å². The molecule has 1 N–H and O–H groups in total. The molecule has 7 nitrogen and oxygen atoms in total. The summed E-state index contributed by atoms with van der Waals surface area (Å²) in [5.74, 6) is -0.888. The van der Waals surface area contributed by atoms with E-state index in [0.29, 0.717) is 12.2 Å². The minimum absolute atomic E-state index is 0.176. The van der Waals surface area contributed by atoms with Crippen molar-refractivity contribution in [3.63, 3.8) is 0 Å². The predicted molar refractivity (Wildman–Crippen MR) is 80.3 cm³/mol. The number of carbonyl (C=O) groups is 2. The molecule has 22 heavy (non-hydrogen) atoms. The molecule has 0 spiro atoms. The van der Waals surface area contributed by atoms with E-state index in [2.05, 4.69) is 10.4 Å². The fourth-order valence-electron chi connectivity index (χ4n) is 2.38. The van der Waals surface area contributed by atoms with Gasteiger partial charge in [-0.1, -0.05) is 0 Å². The lowest BCUT2D eigenvalue weighted by Crippen LogP contribution is -2.41. The van der Waals surface area contributed by atoms with Crippen LogP contribution in [0.5, 0.6) is 0 Å². The van der Waals surface area contributed by atoms with Gasteiger partial charge in [0.05, 0.1) is 24.5 Å². The fourth-order valence-corrected chi connectivity index (χ4v) is 2.38. The third-order valence-electron chi connectivity index (χ3n) is 3.50. The monoisotopic (exact) mass is 309 g/mol. The standard InChI is InChI=1S/C15H23N3O4/c1-11(19)22-15(2,3)14(20)17-12-8-16-18(9-12)10-13-6-4-5-7-21-13/h8-9,13H,4-7,10H2,1-3H3,(H,17,20)/t13-/m0/s1. The highest BCUT2D eigenvalue weighted by molar-refractivity contribution is 5.97. The largest absolute Gasteiger partial charge is 0.450 e. The van der Waals surface area contributed by atoms with Gasteiger partial charge in [-0.25, -0.2) is 0 Å². The Morgan fingerprint density at radius 1 is 1.50 bits per heavy atom. The van der Waals surface area contributed by atoms with Gasteiger partial charge in [0.25, 0.3) is 5.91 Å². The second-order valence-corrected chi connectivity index (χ2v) is 6.00. The van der Waals surface area contributed by atoms with Crippen molar-refractivity contribution < 1.29 is 19.1 Å². The van der Waals surface area contributed by atoms with Gasteiger partial charge in [0.1, 0.15) is 0 Å². The second kappa shape index (κ2) is 6.91. The molecule has 1 saturated heterocycles. The van der Waals surface area contributed by atoms with Crippen molar-refractivity contribution in [2.75, 3.05) is 11.9 Å². The number of amides is 1. The summed E-state index contributed by atoms with van der Waals surface area (Å²) in [5, 5.41) is 6.93. The molecular formula is C15H23N3O4. The van der Waals surface area contributed by atoms with Crippen LogP contribution < -0.4 is 5.32 Å². The van der Waals surface area contributed by atoms with E-state index in [1.54, 1.807) is 30.9 Å². The first-order valence-electron chi connectivity index (χ1n) is 7.52. The van der Waals surface area contributed by atoms with Gasteiger partial charge < -0.3 is 14.8 Å². The number of hydrogen-bond acceptors (Lipinski definition) is 5. The molecular weight excluding hydrogens is 286 g/mol. The zero-order valence-electron chi connectivity index (χ0n) is 13.3. The maximum Gasteiger partial charge on any atom is 0.303 e. The van der Waals surface area contributed by atoms with E-state index in [9.17, 15) is 9.59 Å². The Labute approximate surface area is 130 Å². The van der Waals surface area contributed by atoms with Crippen molar-refractivity contribution in [2.45, 2.75) is 58.3 Å². The van der Waals surface area contributed by atoms with Gasteiger partial charge in [0.2, 0.25) is 0 Å². The zero-order valence-corrected chi connectivity index (χ0v) is 13.3. The molecule has 1 fully saturated rings. The molecule has 1 atom stereocenters. The number of hydrogen-bond donors (Lipinski definition) is 1. The molecule has 7 heteroatoms. The van der Waals surface area contributed by atoms with E-state index < -0.39 is 17.5 Å². The summed E-state index contributed by atoms with van der Waals surface area (Å²) < 4.78 is 12.4. The number of nitrogens with one attached hydrogen (secondary N) is 1. The molecule has 1 aliphatic rings. The highest BCUT2D eigenvalue weighted by atomic mass is 16.6. The third-order valence-corrected chi connectivity index (χ3v) is 3.50. The van der Waals surface area contributed by atoms with E-state index in [0.717, 1.165) is 19.4 Å². The fraction of sp³-hybridized carbons (Fsp3) is 0.667. The maximum absolute atomic E-state index is 12.1. The van der Waals surface area contributed by atoms with Crippen molar-refractivity contribution in [2.24, 2.45) is 0 Å². The molecule has 0 saturated carbocycles. The van der Waals surface area contributed by atoms with Crippen molar-refractivity contribution in [3.8, 4) is 0 Å².